The van der Waals surface area contributed by atoms with Gasteiger partial charge in [0.2, 0.25) is 5.91 Å². The highest BCUT2D eigenvalue weighted by Gasteiger charge is 2.34. The van der Waals surface area contributed by atoms with E-state index in [1.807, 2.05) is 0 Å². The SMILES string of the molecule is Cc1ccc(S(=O)(=O)N(CC(=O)Nc2ccc(Cl)c(C(F)(F)F)c2)c2cccc(Cl)c2C)cc1. The number of aryl methyl sites for hydroxylation is 1. The van der Waals surface area contributed by atoms with Gasteiger partial charge in [-0.05, 0) is 61.9 Å². The van der Waals surface area contributed by atoms with Crippen molar-refractivity contribution in [2.75, 3.05) is 16.2 Å². The lowest BCUT2D eigenvalue weighted by Crippen LogP contribution is -2.38. The van der Waals surface area contributed by atoms with Crippen LogP contribution in [0.1, 0.15) is 16.7 Å². The smallest absolute Gasteiger partial charge is 0.324 e. The van der Waals surface area contributed by atoms with Crippen LogP contribution in [0, 0.1) is 13.8 Å². The number of carbonyl (C=O) groups is 1. The van der Waals surface area contributed by atoms with E-state index in [4.69, 9.17) is 23.2 Å². The van der Waals surface area contributed by atoms with Crippen LogP contribution in [0.4, 0.5) is 24.5 Å². The Morgan fingerprint density at radius 3 is 2.24 bits per heavy atom. The zero-order valence-corrected chi connectivity index (χ0v) is 20.3. The molecule has 0 saturated carbocycles. The zero-order valence-electron chi connectivity index (χ0n) is 18.0. The lowest BCUT2D eigenvalue weighted by Gasteiger charge is -2.26. The van der Waals surface area contributed by atoms with Crippen LogP contribution in [0.25, 0.3) is 0 Å². The normalized spacial score (nSPS) is 11.9. The summed E-state index contributed by atoms with van der Waals surface area (Å²) in [5, 5.41) is 2.07. The summed E-state index contributed by atoms with van der Waals surface area (Å²) in [6, 6.07) is 13.5. The third-order valence-corrected chi connectivity index (χ3v) is 7.47. The van der Waals surface area contributed by atoms with Gasteiger partial charge in [-0.1, -0.05) is 47.0 Å². The lowest BCUT2D eigenvalue weighted by atomic mass is 10.2. The van der Waals surface area contributed by atoms with Gasteiger partial charge in [0.05, 0.1) is 21.2 Å². The maximum atomic E-state index is 13.5. The predicted molar refractivity (Wildman–Crippen MR) is 127 cm³/mol. The summed E-state index contributed by atoms with van der Waals surface area (Å²) in [5.41, 5.74) is 0.109. The number of halogens is 5. The van der Waals surface area contributed by atoms with Crippen molar-refractivity contribution < 1.29 is 26.4 Å². The summed E-state index contributed by atoms with van der Waals surface area (Å²) in [4.78, 5) is 12.7. The van der Waals surface area contributed by atoms with Crippen LogP contribution in [-0.2, 0) is 21.0 Å². The summed E-state index contributed by atoms with van der Waals surface area (Å²) in [7, 11) is -4.22. The molecule has 0 atom stereocenters. The molecule has 0 aliphatic heterocycles. The Morgan fingerprint density at radius 1 is 0.971 bits per heavy atom. The predicted octanol–water partition coefficient (Wildman–Crippen LogP) is 6.46. The molecule has 0 aliphatic carbocycles. The average molecular weight is 531 g/mol. The minimum atomic E-state index is -4.73. The molecule has 0 aliphatic rings. The van der Waals surface area contributed by atoms with Crippen molar-refractivity contribution in [3.63, 3.8) is 0 Å². The first-order valence-electron chi connectivity index (χ1n) is 9.82. The first kappa shape index (κ1) is 25.9. The summed E-state index contributed by atoms with van der Waals surface area (Å²) >= 11 is 11.8. The van der Waals surface area contributed by atoms with Crippen molar-refractivity contribution in [1.29, 1.82) is 0 Å². The van der Waals surface area contributed by atoms with E-state index in [-0.39, 0.29) is 21.3 Å². The van der Waals surface area contributed by atoms with Crippen LogP contribution in [0.3, 0.4) is 0 Å². The first-order valence-corrected chi connectivity index (χ1v) is 12.0. The molecule has 34 heavy (non-hydrogen) atoms. The van der Waals surface area contributed by atoms with Crippen molar-refractivity contribution in [1.82, 2.24) is 0 Å². The van der Waals surface area contributed by atoms with Gasteiger partial charge in [-0.3, -0.25) is 9.10 Å². The minimum absolute atomic E-state index is 0.0591. The number of amides is 1. The molecule has 0 aromatic heterocycles. The molecule has 0 saturated heterocycles. The fourth-order valence-corrected chi connectivity index (χ4v) is 5.03. The van der Waals surface area contributed by atoms with Gasteiger partial charge in [0.1, 0.15) is 6.54 Å². The van der Waals surface area contributed by atoms with Gasteiger partial charge in [-0.15, -0.1) is 0 Å². The number of hydrogen-bond acceptors (Lipinski definition) is 3. The van der Waals surface area contributed by atoms with E-state index >= 15 is 0 Å². The molecule has 0 unspecified atom stereocenters. The Kier molecular flexibility index (Phi) is 7.50. The zero-order chi connectivity index (χ0) is 25.3. The second kappa shape index (κ2) is 9.85. The number of anilines is 2. The second-order valence-electron chi connectivity index (χ2n) is 7.45. The molecule has 0 spiro atoms. The molecule has 3 aromatic rings. The van der Waals surface area contributed by atoms with Crippen LogP contribution < -0.4 is 9.62 Å². The number of nitrogens with zero attached hydrogens (tertiary/aromatic N) is 1. The Labute approximate surface area is 205 Å². The number of rotatable bonds is 6. The van der Waals surface area contributed by atoms with Gasteiger partial charge in [0.15, 0.2) is 0 Å². The Balaban J connectivity index is 1.99. The largest absolute Gasteiger partial charge is 0.417 e. The second-order valence-corrected chi connectivity index (χ2v) is 10.1. The first-order chi connectivity index (χ1) is 15.8. The fourth-order valence-electron chi connectivity index (χ4n) is 3.15. The third kappa shape index (κ3) is 5.65. The van der Waals surface area contributed by atoms with Crippen LogP contribution in [0.5, 0.6) is 0 Å². The molecule has 3 aromatic carbocycles. The van der Waals surface area contributed by atoms with Gasteiger partial charge >= 0.3 is 6.18 Å². The molecular formula is C23H19Cl2F3N2O3S. The number of carbonyl (C=O) groups excluding carboxylic acids is 1. The third-order valence-electron chi connectivity index (χ3n) is 4.96. The Morgan fingerprint density at radius 2 is 1.62 bits per heavy atom. The van der Waals surface area contributed by atoms with Gasteiger partial charge in [0, 0.05) is 10.7 Å². The maximum absolute atomic E-state index is 13.5. The van der Waals surface area contributed by atoms with Crippen LogP contribution in [-0.4, -0.2) is 20.9 Å². The Bertz CT molecular complexity index is 1330. The number of hydrogen-bond donors (Lipinski definition) is 1. The van der Waals surface area contributed by atoms with Gasteiger partial charge < -0.3 is 5.32 Å². The van der Waals surface area contributed by atoms with Gasteiger partial charge in [-0.2, -0.15) is 13.2 Å². The average Bonchev–Trinajstić information content (AvgIpc) is 2.75. The highest BCUT2D eigenvalue weighted by atomic mass is 35.5. The molecular weight excluding hydrogens is 512 g/mol. The number of sulfonamides is 1. The molecule has 5 nitrogen and oxygen atoms in total. The summed E-state index contributed by atoms with van der Waals surface area (Å²) in [6.45, 7) is 2.69. The molecule has 1 amide bonds. The molecule has 0 bridgehead atoms. The highest BCUT2D eigenvalue weighted by Crippen LogP contribution is 2.36. The van der Waals surface area contributed by atoms with Crippen LogP contribution in [0.2, 0.25) is 10.0 Å². The Hall–Kier alpha value is -2.75. The lowest BCUT2D eigenvalue weighted by molar-refractivity contribution is -0.137. The number of nitrogens with one attached hydrogen (secondary N) is 1. The monoisotopic (exact) mass is 530 g/mol. The van der Waals surface area contributed by atoms with Crippen LogP contribution >= 0.6 is 23.2 Å². The standard InChI is InChI=1S/C23H19Cl2F3N2O3S/c1-14-6-9-17(10-7-14)34(32,33)30(21-5-3-4-19(24)15(21)2)13-22(31)29-16-8-11-20(25)18(12-16)23(26,27)28/h3-12H,13H2,1-2H3,(H,29,31). The molecule has 11 heteroatoms. The fraction of sp³-hybridized carbons (Fsp3) is 0.174. The van der Waals surface area contributed by atoms with E-state index in [1.165, 1.54) is 30.3 Å². The number of benzene rings is 3. The van der Waals surface area contributed by atoms with Crippen molar-refractivity contribution in [2.45, 2.75) is 24.9 Å². The van der Waals surface area contributed by atoms with Crippen molar-refractivity contribution in [3.05, 3.63) is 87.4 Å². The number of alkyl halides is 3. The molecule has 180 valence electrons. The topological polar surface area (TPSA) is 66.5 Å². The minimum Gasteiger partial charge on any atom is -0.324 e. The molecule has 0 fully saturated rings. The summed E-state index contributed by atoms with van der Waals surface area (Å²) < 4.78 is 67.3. The van der Waals surface area contributed by atoms with Crippen LogP contribution in [0.15, 0.2) is 65.6 Å². The highest BCUT2D eigenvalue weighted by molar-refractivity contribution is 7.92. The van der Waals surface area contributed by atoms with E-state index in [1.54, 1.807) is 32.0 Å². The maximum Gasteiger partial charge on any atom is 0.417 e. The van der Waals surface area contributed by atoms with Crippen molar-refractivity contribution in [3.8, 4) is 0 Å². The molecule has 0 radical (unpaired) electrons. The van der Waals surface area contributed by atoms with Gasteiger partial charge in [0.25, 0.3) is 10.0 Å². The van der Waals surface area contributed by atoms with E-state index in [0.29, 0.717) is 11.6 Å². The van der Waals surface area contributed by atoms with Crippen molar-refractivity contribution in [2.24, 2.45) is 0 Å². The summed E-state index contributed by atoms with van der Waals surface area (Å²) in [5.74, 6) is -0.856. The molecule has 1 N–H and O–H groups in total. The van der Waals surface area contributed by atoms with E-state index < -0.39 is 39.2 Å². The van der Waals surface area contributed by atoms with E-state index in [0.717, 1.165) is 15.9 Å². The van der Waals surface area contributed by atoms with Gasteiger partial charge in [-0.25, -0.2) is 8.42 Å². The molecule has 3 rings (SSSR count). The van der Waals surface area contributed by atoms with Crippen molar-refractivity contribution >= 4 is 50.5 Å². The van der Waals surface area contributed by atoms with E-state index in [9.17, 15) is 26.4 Å². The quantitative estimate of drug-likeness (QED) is 0.397. The van der Waals surface area contributed by atoms with E-state index in [2.05, 4.69) is 5.32 Å². The molecule has 0 heterocycles. The summed E-state index contributed by atoms with van der Waals surface area (Å²) in [6.07, 6.45) is -4.73.